The summed E-state index contributed by atoms with van der Waals surface area (Å²) in [5, 5.41) is -0.273. The summed E-state index contributed by atoms with van der Waals surface area (Å²) in [6, 6.07) is 0. The van der Waals surface area contributed by atoms with Gasteiger partial charge in [0.1, 0.15) is 4.49 Å². The Kier molecular flexibility index (Phi) is 6.26. The van der Waals surface area contributed by atoms with Crippen LogP contribution in [0, 0.1) is 0 Å². The molecule has 13 heavy (non-hydrogen) atoms. The molecule has 0 rings (SSSR count). The fraction of sp³-hybridized carbons (Fsp3) is 0.600. The van der Waals surface area contributed by atoms with Gasteiger partial charge in [0, 0.05) is 0 Å². The normalized spacial score (nSPS) is 12.9. The monoisotopic (exact) mass is 342 g/mol. The highest BCUT2D eigenvalue weighted by atomic mass is 35.5. The van der Waals surface area contributed by atoms with Gasteiger partial charge < -0.3 is 0 Å². The maximum Gasteiger partial charge on any atom is 0.189 e. The van der Waals surface area contributed by atoms with E-state index in [1.54, 1.807) is 0 Å². The molecule has 0 radical (unpaired) electrons. The zero-order valence-electron chi connectivity index (χ0n) is 5.73. The Labute approximate surface area is 116 Å². The minimum absolute atomic E-state index is 0.236. The van der Waals surface area contributed by atoms with Gasteiger partial charge in [-0.15, -0.1) is 11.6 Å². The van der Waals surface area contributed by atoms with E-state index >= 15 is 0 Å². The molecule has 0 N–H and O–H groups in total. The summed E-state index contributed by atoms with van der Waals surface area (Å²) >= 11 is 44.6. The van der Waals surface area contributed by atoms with Crippen LogP contribution in [0.4, 0.5) is 0 Å². The molecular formula is C5H2Cl8. The predicted molar refractivity (Wildman–Crippen MR) is 64.2 cm³/mol. The lowest BCUT2D eigenvalue weighted by Gasteiger charge is -2.30. The lowest BCUT2D eigenvalue weighted by atomic mass is 10.3. The van der Waals surface area contributed by atoms with Crippen molar-refractivity contribution >= 4 is 92.8 Å². The topological polar surface area (TPSA) is 0 Å². The Hall–Kier alpha value is 2.06. The number of hydrogen-bond acceptors (Lipinski definition) is 0. The molecule has 0 spiro atoms. The summed E-state index contributed by atoms with van der Waals surface area (Å²) in [6.07, 6.45) is 0. The second-order valence-corrected chi connectivity index (χ2v) is 6.39. The van der Waals surface area contributed by atoms with Crippen molar-refractivity contribution in [3.05, 3.63) is 9.52 Å². The van der Waals surface area contributed by atoms with E-state index in [1.807, 2.05) is 0 Å². The third-order valence-corrected chi connectivity index (χ3v) is 5.22. The van der Waals surface area contributed by atoms with Crippen LogP contribution in [0.3, 0.4) is 0 Å². The highest BCUT2D eigenvalue weighted by Crippen LogP contribution is 2.51. The van der Waals surface area contributed by atoms with Gasteiger partial charge in [0.15, 0.2) is 8.67 Å². The molecule has 0 unspecified atom stereocenters. The summed E-state index contributed by atoms with van der Waals surface area (Å²) in [4.78, 5) is 0. The Balaban J connectivity index is 5.09. The third-order valence-electron chi connectivity index (χ3n) is 1.07. The first-order chi connectivity index (χ1) is 5.66. The molecule has 0 heterocycles. The molecule has 0 nitrogen and oxygen atoms in total. The molecule has 0 atom stereocenters. The second-order valence-electron chi connectivity index (χ2n) is 1.99. The lowest BCUT2D eigenvalue weighted by molar-refractivity contribution is 0.824. The number of halogens is 8. The van der Waals surface area contributed by atoms with E-state index in [0.717, 1.165) is 0 Å². The van der Waals surface area contributed by atoms with Gasteiger partial charge in [0.05, 0.1) is 10.9 Å². The SMILES string of the molecule is ClCC(Cl)(Cl)C(Cl)(Cl)C(Cl)=C(Cl)Cl. The average molecular weight is 346 g/mol. The molecule has 0 saturated carbocycles. The van der Waals surface area contributed by atoms with Crippen LogP contribution < -0.4 is 0 Å². The average Bonchev–Trinajstić information content (AvgIpc) is 2.02. The Morgan fingerprint density at radius 1 is 0.923 bits per heavy atom. The van der Waals surface area contributed by atoms with Crippen LogP contribution in [0.25, 0.3) is 0 Å². The van der Waals surface area contributed by atoms with Gasteiger partial charge >= 0.3 is 0 Å². The standard InChI is InChI=1S/C5H2Cl8/c6-1-4(10,11)5(12,13)2(7)3(8)9/h1H2. The minimum atomic E-state index is -1.85. The molecule has 0 aliphatic heterocycles. The molecule has 0 bridgehead atoms. The van der Waals surface area contributed by atoms with E-state index < -0.39 is 8.67 Å². The molecular weight excluding hydrogens is 344 g/mol. The zero-order chi connectivity index (χ0) is 10.9. The maximum absolute atomic E-state index is 5.73. The van der Waals surface area contributed by atoms with Crippen molar-refractivity contribution in [1.82, 2.24) is 0 Å². The number of allylic oxidation sites excluding steroid dienone is 1. The van der Waals surface area contributed by atoms with Crippen LogP contribution in [0.2, 0.25) is 0 Å². The van der Waals surface area contributed by atoms with Crippen LogP contribution in [0.15, 0.2) is 9.52 Å². The molecule has 78 valence electrons. The van der Waals surface area contributed by atoms with E-state index in [1.165, 1.54) is 0 Å². The Morgan fingerprint density at radius 2 is 1.31 bits per heavy atom. The molecule has 8 heteroatoms. The number of alkyl halides is 5. The molecule has 0 aromatic rings. The summed E-state index contributed by atoms with van der Waals surface area (Å²) in [5.74, 6) is -0.236. The largest absolute Gasteiger partial charge is 0.189 e. The number of hydrogen-bond donors (Lipinski definition) is 0. The zero-order valence-corrected chi connectivity index (χ0v) is 11.8. The van der Waals surface area contributed by atoms with Crippen molar-refractivity contribution in [2.75, 3.05) is 5.88 Å². The molecule has 0 saturated heterocycles. The van der Waals surface area contributed by atoms with E-state index in [-0.39, 0.29) is 15.4 Å². The van der Waals surface area contributed by atoms with Crippen molar-refractivity contribution < 1.29 is 0 Å². The Morgan fingerprint density at radius 3 is 1.54 bits per heavy atom. The quantitative estimate of drug-likeness (QED) is 0.596. The fourth-order valence-electron chi connectivity index (χ4n) is 0.363. The van der Waals surface area contributed by atoms with Crippen molar-refractivity contribution in [3.8, 4) is 0 Å². The summed E-state index contributed by atoms with van der Waals surface area (Å²) in [6.45, 7) is 0. The van der Waals surface area contributed by atoms with Gasteiger partial charge in [-0.1, -0.05) is 81.2 Å². The van der Waals surface area contributed by atoms with Gasteiger partial charge in [0.2, 0.25) is 0 Å². The molecule has 0 aliphatic rings. The van der Waals surface area contributed by atoms with E-state index in [2.05, 4.69) is 0 Å². The lowest BCUT2D eigenvalue weighted by Crippen LogP contribution is -2.38. The van der Waals surface area contributed by atoms with Gasteiger partial charge in [-0.3, -0.25) is 0 Å². The van der Waals surface area contributed by atoms with Crippen molar-refractivity contribution in [2.45, 2.75) is 8.67 Å². The van der Waals surface area contributed by atoms with Crippen LogP contribution in [-0.2, 0) is 0 Å². The second kappa shape index (κ2) is 5.41. The van der Waals surface area contributed by atoms with Crippen LogP contribution in [0.5, 0.6) is 0 Å². The molecule has 0 aliphatic carbocycles. The first-order valence-corrected chi connectivity index (χ1v) is 5.87. The molecule has 0 aromatic carbocycles. The highest BCUT2D eigenvalue weighted by Gasteiger charge is 2.50. The third kappa shape index (κ3) is 3.53. The summed E-state index contributed by atoms with van der Waals surface area (Å²) in [5.41, 5.74) is 0. The van der Waals surface area contributed by atoms with E-state index in [4.69, 9.17) is 92.8 Å². The Bertz CT molecular complexity index is 213. The van der Waals surface area contributed by atoms with Crippen LogP contribution in [0.1, 0.15) is 0 Å². The van der Waals surface area contributed by atoms with Crippen molar-refractivity contribution in [2.24, 2.45) is 0 Å². The van der Waals surface area contributed by atoms with Gasteiger partial charge in [-0.2, -0.15) is 0 Å². The van der Waals surface area contributed by atoms with Crippen LogP contribution in [-0.4, -0.2) is 14.5 Å². The van der Waals surface area contributed by atoms with Crippen LogP contribution >= 0.6 is 92.8 Å². The molecule has 0 aromatic heterocycles. The van der Waals surface area contributed by atoms with Gasteiger partial charge in [-0.25, -0.2) is 0 Å². The maximum atomic E-state index is 5.73. The predicted octanol–water partition coefficient (Wildman–Crippen LogP) is 5.46. The minimum Gasteiger partial charge on any atom is -0.123 e. The smallest absolute Gasteiger partial charge is 0.123 e. The fourth-order valence-corrected chi connectivity index (χ4v) is 1.95. The number of rotatable bonds is 3. The van der Waals surface area contributed by atoms with Gasteiger partial charge in [0.25, 0.3) is 0 Å². The van der Waals surface area contributed by atoms with E-state index in [0.29, 0.717) is 0 Å². The van der Waals surface area contributed by atoms with Gasteiger partial charge in [-0.05, 0) is 0 Å². The summed E-state index contributed by atoms with van der Waals surface area (Å²) < 4.78 is -3.84. The molecule has 0 amide bonds. The first-order valence-electron chi connectivity index (χ1n) is 2.69. The van der Waals surface area contributed by atoms with Crippen molar-refractivity contribution in [1.29, 1.82) is 0 Å². The summed E-state index contributed by atoms with van der Waals surface area (Å²) in [7, 11) is 0. The van der Waals surface area contributed by atoms with Crippen molar-refractivity contribution in [3.63, 3.8) is 0 Å². The first kappa shape index (κ1) is 15.1. The highest BCUT2D eigenvalue weighted by molar-refractivity contribution is 6.70. The molecule has 0 fully saturated rings. The van der Waals surface area contributed by atoms with E-state index in [9.17, 15) is 0 Å².